The van der Waals surface area contributed by atoms with Crippen LogP contribution in [0, 0.1) is 0 Å². The monoisotopic (exact) mass is 312 g/mol. The molecule has 0 unspecified atom stereocenters. The summed E-state index contributed by atoms with van der Waals surface area (Å²) in [6, 6.07) is 15.5. The topological polar surface area (TPSA) is 46.9 Å². The highest BCUT2D eigenvalue weighted by Crippen LogP contribution is 2.08. The molecule has 2 heterocycles. The Hall–Kier alpha value is -2.40. The number of quaternary nitrogens is 1. The van der Waals surface area contributed by atoms with Crippen LogP contribution in [0.25, 0.3) is 0 Å². The lowest BCUT2D eigenvalue weighted by atomic mass is 10.2. The molecule has 0 spiro atoms. The summed E-state index contributed by atoms with van der Waals surface area (Å²) >= 11 is 0. The number of nitrogens with zero attached hydrogens (tertiary/aromatic N) is 2. The Labute approximate surface area is 136 Å². The van der Waals surface area contributed by atoms with E-state index >= 15 is 0 Å². The Kier molecular flexibility index (Phi) is 5.21. The third-order valence-electron chi connectivity index (χ3n) is 4.09. The standard InChI is InChI=1S/C18H21N3O2/c22-18(15-23-17-7-2-1-3-8-17)21-12-10-20(11-13-21)14-16-6-4-5-9-19-16/h1-9H,10-15H2/p+1. The predicted molar refractivity (Wildman–Crippen MR) is 87.2 cm³/mol. The van der Waals surface area contributed by atoms with Crippen molar-refractivity contribution in [2.45, 2.75) is 6.54 Å². The van der Waals surface area contributed by atoms with E-state index in [1.165, 1.54) is 4.90 Å². The average Bonchev–Trinajstić information content (AvgIpc) is 2.62. The van der Waals surface area contributed by atoms with Crippen molar-refractivity contribution < 1.29 is 14.4 Å². The molecule has 1 aromatic heterocycles. The summed E-state index contributed by atoms with van der Waals surface area (Å²) in [7, 11) is 0. The molecule has 1 saturated heterocycles. The zero-order valence-corrected chi connectivity index (χ0v) is 13.1. The smallest absolute Gasteiger partial charge is 0.260 e. The number of para-hydroxylation sites is 1. The molecule has 5 heteroatoms. The summed E-state index contributed by atoms with van der Waals surface area (Å²) in [5.41, 5.74) is 1.11. The lowest BCUT2D eigenvalue weighted by molar-refractivity contribution is -0.917. The summed E-state index contributed by atoms with van der Waals surface area (Å²) in [5, 5.41) is 0. The number of rotatable bonds is 5. The fraction of sp³-hybridized carbons (Fsp3) is 0.333. The Morgan fingerprint density at radius 2 is 1.83 bits per heavy atom. The molecule has 1 N–H and O–H groups in total. The zero-order valence-electron chi connectivity index (χ0n) is 13.1. The number of piperazine rings is 1. The number of aromatic nitrogens is 1. The molecule has 1 aliphatic heterocycles. The third kappa shape index (κ3) is 4.53. The number of amides is 1. The number of nitrogens with one attached hydrogen (secondary N) is 1. The first-order valence-electron chi connectivity index (χ1n) is 8.00. The van der Waals surface area contributed by atoms with Gasteiger partial charge in [-0.25, -0.2) is 0 Å². The van der Waals surface area contributed by atoms with E-state index in [9.17, 15) is 4.79 Å². The molecule has 0 radical (unpaired) electrons. The van der Waals surface area contributed by atoms with Crippen molar-refractivity contribution in [3.63, 3.8) is 0 Å². The minimum atomic E-state index is 0.0609. The molecule has 120 valence electrons. The van der Waals surface area contributed by atoms with Crippen molar-refractivity contribution in [2.75, 3.05) is 32.8 Å². The molecule has 0 aliphatic carbocycles. The van der Waals surface area contributed by atoms with Gasteiger partial charge in [-0.3, -0.25) is 9.78 Å². The number of hydrogen-bond donors (Lipinski definition) is 1. The highest BCUT2D eigenvalue weighted by Gasteiger charge is 2.24. The summed E-state index contributed by atoms with van der Waals surface area (Å²) in [5.74, 6) is 0.797. The summed E-state index contributed by atoms with van der Waals surface area (Å²) < 4.78 is 5.54. The first-order valence-corrected chi connectivity index (χ1v) is 8.00. The molecule has 0 atom stereocenters. The molecule has 3 rings (SSSR count). The van der Waals surface area contributed by atoms with Gasteiger partial charge >= 0.3 is 0 Å². The van der Waals surface area contributed by atoms with Crippen LogP contribution in [-0.2, 0) is 11.3 Å². The highest BCUT2D eigenvalue weighted by atomic mass is 16.5. The molecule has 1 aromatic carbocycles. The van der Waals surface area contributed by atoms with Gasteiger partial charge in [0.05, 0.1) is 31.9 Å². The minimum absolute atomic E-state index is 0.0609. The number of carbonyl (C=O) groups is 1. The van der Waals surface area contributed by atoms with Crippen molar-refractivity contribution >= 4 is 5.91 Å². The van der Waals surface area contributed by atoms with E-state index in [0.717, 1.165) is 44.2 Å². The predicted octanol–water partition coefficient (Wildman–Crippen LogP) is 0.388. The van der Waals surface area contributed by atoms with Gasteiger partial charge in [0.25, 0.3) is 5.91 Å². The van der Waals surface area contributed by atoms with E-state index in [2.05, 4.69) is 11.1 Å². The summed E-state index contributed by atoms with van der Waals surface area (Å²) in [6.07, 6.45) is 1.83. The second kappa shape index (κ2) is 7.74. The van der Waals surface area contributed by atoms with Crippen LogP contribution >= 0.6 is 0 Å². The second-order valence-electron chi connectivity index (χ2n) is 5.73. The van der Waals surface area contributed by atoms with E-state index < -0.39 is 0 Å². The Balaban J connectivity index is 1.42. The van der Waals surface area contributed by atoms with Crippen LogP contribution in [-0.4, -0.2) is 48.6 Å². The van der Waals surface area contributed by atoms with Gasteiger partial charge in [-0.05, 0) is 24.3 Å². The van der Waals surface area contributed by atoms with E-state index in [-0.39, 0.29) is 12.5 Å². The first kappa shape index (κ1) is 15.5. The average molecular weight is 312 g/mol. The van der Waals surface area contributed by atoms with E-state index in [4.69, 9.17) is 4.74 Å². The van der Waals surface area contributed by atoms with Crippen LogP contribution in [0.3, 0.4) is 0 Å². The van der Waals surface area contributed by atoms with Gasteiger partial charge in [0.2, 0.25) is 0 Å². The van der Waals surface area contributed by atoms with Crippen molar-refractivity contribution in [3.05, 3.63) is 60.4 Å². The molecular weight excluding hydrogens is 290 g/mol. The van der Waals surface area contributed by atoms with Gasteiger partial charge in [0.15, 0.2) is 6.61 Å². The summed E-state index contributed by atoms with van der Waals surface area (Å²) in [4.78, 5) is 19.9. The van der Waals surface area contributed by atoms with Crippen LogP contribution < -0.4 is 9.64 Å². The maximum absolute atomic E-state index is 12.2. The number of carbonyl (C=O) groups excluding carboxylic acids is 1. The summed E-state index contributed by atoms with van der Waals surface area (Å²) in [6.45, 7) is 4.49. The first-order chi connectivity index (χ1) is 11.3. The molecular formula is C18H22N3O2+. The van der Waals surface area contributed by atoms with Gasteiger partial charge in [0.1, 0.15) is 12.3 Å². The van der Waals surface area contributed by atoms with E-state index in [0.29, 0.717) is 0 Å². The maximum atomic E-state index is 12.2. The Morgan fingerprint density at radius 1 is 1.09 bits per heavy atom. The quantitative estimate of drug-likeness (QED) is 0.869. The molecule has 0 saturated carbocycles. The third-order valence-corrected chi connectivity index (χ3v) is 4.09. The van der Waals surface area contributed by atoms with Gasteiger partial charge in [0, 0.05) is 6.20 Å². The van der Waals surface area contributed by atoms with Crippen molar-refractivity contribution in [3.8, 4) is 5.75 Å². The van der Waals surface area contributed by atoms with Crippen molar-refractivity contribution in [1.29, 1.82) is 0 Å². The number of ether oxygens (including phenoxy) is 1. The van der Waals surface area contributed by atoms with E-state index in [1.807, 2.05) is 53.6 Å². The van der Waals surface area contributed by atoms with Crippen molar-refractivity contribution in [2.24, 2.45) is 0 Å². The molecule has 1 fully saturated rings. The van der Waals surface area contributed by atoms with Crippen molar-refractivity contribution in [1.82, 2.24) is 9.88 Å². The van der Waals surface area contributed by atoms with Gasteiger partial charge in [-0.2, -0.15) is 0 Å². The number of benzene rings is 1. The van der Waals surface area contributed by atoms with Crippen LogP contribution in [0.1, 0.15) is 5.69 Å². The molecule has 1 amide bonds. The fourth-order valence-electron chi connectivity index (χ4n) is 2.76. The van der Waals surface area contributed by atoms with Gasteiger partial charge in [-0.15, -0.1) is 0 Å². The van der Waals surface area contributed by atoms with Crippen LogP contribution in [0.15, 0.2) is 54.7 Å². The molecule has 5 nitrogen and oxygen atoms in total. The van der Waals surface area contributed by atoms with Crippen LogP contribution in [0.4, 0.5) is 0 Å². The highest BCUT2D eigenvalue weighted by molar-refractivity contribution is 5.77. The maximum Gasteiger partial charge on any atom is 0.260 e. The Morgan fingerprint density at radius 3 is 2.52 bits per heavy atom. The SMILES string of the molecule is O=C(COc1ccccc1)N1CC[NH+](Cc2ccccn2)CC1. The molecule has 0 bridgehead atoms. The minimum Gasteiger partial charge on any atom is -0.484 e. The Bertz CT molecular complexity index is 611. The van der Waals surface area contributed by atoms with Gasteiger partial charge in [-0.1, -0.05) is 24.3 Å². The number of hydrogen-bond acceptors (Lipinski definition) is 3. The lowest BCUT2D eigenvalue weighted by Crippen LogP contribution is -3.13. The zero-order chi connectivity index (χ0) is 15.9. The molecule has 23 heavy (non-hydrogen) atoms. The van der Waals surface area contributed by atoms with E-state index in [1.54, 1.807) is 0 Å². The largest absolute Gasteiger partial charge is 0.484 e. The normalized spacial score (nSPS) is 15.4. The fourth-order valence-corrected chi connectivity index (χ4v) is 2.76. The second-order valence-corrected chi connectivity index (χ2v) is 5.73. The lowest BCUT2D eigenvalue weighted by Gasteiger charge is -2.32. The molecule has 1 aliphatic rings. The molecule has 2 aromatic rings. The number of pyridine rings is 1. The van der Waals surface area contributed by atoms with Gasteiger partial charge < -0.3 is 14.5 Å². The van der Waals surface area contributed by atoms with Crippen LogP contribution in [0.2, 0.25) is 0 Å². The van der Waals surface area contributed by atoms with Crippen LogP contribution in [0.5, 0.6) is 5.75 Å².